The lowest BCUT2D eigenvalue weighted by Gasteiger charge is -1.97. The second-order valence-electron chi connectivity index (χ2n) is 2.70. The number of isocyanates is 1. The van der Waals surface area contributed by atoms with E-state index in [-0.39, 0.29) is 0 Å². The maximum Gasteiger partial charge on any atom is 0.305 e. The number of carbonyl (C=O) groups is 1. The Kier molecular flexibility index (Phi) is 3.31. The Labute approximate surface area is 81.4 Å². The van der Waals surface area contributed by atoms with Crippen LogP contribution in [-0.4, -0.2) is 21.8 Å². The summed E-state index contributed by atoms with van der Waals surface area (Å²) in [6, 6.07) is 1.65. The summed E-state index contributed by atoms with van der Waals surface area (Å²) in [5, 5.41) is 4.16. The average Bonchev–Trinajstić information content (AvgIpc) is 2.61. The first-order valence-corrected chi connectivity index (χ1v) is 4.41. The van der Waals surface area contributed by atoms with Gasteiger partial charge in [0.05, 0.1) is 5.69 Å². The zero-order valence-corrected chi connectivity index (χ0v) is 8.15. The van der Waals surface area contributed by atoms with Crippen LogP contribution in [0, 0.1) is 0 Å². The van der Waals surface area contributed by atoms with E-state index in [0.717, 1.165) is 12.1 Å². The molecule has 1 aromatic rings. The number of hydrogen-bond donors (Lipinski definition) is 0. The summed E-state index contributed by atoms with van der Waals surface area (Å²) < 4.78 is 1.53. The van der Waals surface area contributed by atoms with Crippen molar-refractivity contribution in [3.05, 3.63) is 17.5 Å². The van der Waals surface area contributed by atoms with Gasteiger partial charge in [-0.1, -0.05) is 6.92 Å². The normalized spacial score (nSPS) is 9.57. The zero-order valence-electron chi connectivity index (χ0n) is 8.15. The van der Waals surface area contributed by atoms with Gasteiger partial charge in [-0.3, -0.25) is 9.48 Å². The summed E-state index contributed by atoms with van der Waals surface area (Å²) in [6.45, 7) is 4.39. The third-order valence-corrected chi connectivity index (χ3v) is 1.86. The molecule has 0 atom stereocenters. The third-order valence-electron chi connectivity index (χ3n) is 1.86. The molecule has 0 radical (unpaired) electrons. The van der Waals surface area contributed by atoms with Gasteiger partial charge in [-0.25, -0.2) is 4.79 Å². The number of amides is 1. The molecule has 74 valence electrons. The quantitative estimate of drug-likeness (QED) is 0.530. The molecule has 0 aliphatic heterocycles. The standard InChI is InChI=1S/C9H11N3O2/c1-3-7-5-8(9(14)10-6-13)12(4-2)11-7/h5H,3-4H2,1-2H3. The molecule has 1 amide bonds. The molecule has 0 N–H and O–H groups in total. The van der Waals surface area contributed by atoms with Gasteiger partial charge < -0.3 is 0 Å². The number of nitrogens with zero attached hydrogens (tertiary/aromatic N) is 3. The lowest BCUT2D eigenvalue weighted by Crippen LogP contribution is -2.07. The van der Waals surface area contributed by atoms with Gasteiger partial charge in [0.1, 0.15) is 5.69 Å². The minimum Gasteiger partial charge on any atom is -0.264 e. The Balaban J connectivity index is 3.11. The van der Waals surface area contributed by atoms with Gasteiger partial charge in [-0.15, -0.1) is 4.99 Å². The number of aromatic nitrogens is 2. The monoisotopic (exact) mass is 193 g/mol. The second-order valence-corrected chi connectivity index (χ2v) is 2.70. The number of hydrogen-bond acceptors (Lipinski definition) is 3. The van der Waals surface area contributed by atoms with Crippen LogP contribution in [0.3, 0.4) is 0 Å². The number of aryl methyl sites for hydroxylation is 2. The van der Waals surface area contributed by atoms with E-state index in [1.807, 2.05) is 13.8 Å². The Morgan fingerprint density at radius 3 is 2.86 bits per heavy atom. The highest BCUT2D eigenvalue weighted by Crippen LogP contribution is 2.06. The lowest BCUT2D eigenvalue weighted by atomic mass is 10.3. The predicted molar refractivity (Wildman–Crippen MR) is 49.7 cm³/mol. The fraction of sp³-hybridized carbons (Fsp3) is 0.444. The summed E-state index contributed by atoms with van der Waals surface area (Å²) in [4.78, 5) is 24.2. The van der Waals surface area contributed by atoms with Crippen LogP contribution in [0.2, 0.25) is 0 Å². The minimum atomic E-state index is -0.589. The maximum absolute atomic E-state index is 11.3. The van der Waals surface area contributed by atoms with Gasteiger partial charge in [0.25, 0.3) is 0 Å². The van der Waals surface area contributed by atoms with E-state index in [1.165, 1.54) is 10.8 Å². The Bertz CT molecular complexity index is 389. The molecular weight excluding hydrogens is 182 g/mol. The first-order chi connectivity index (χ1) is 6.72. The van der Waals surface area contributed by atoms with Crippen LogP contribution in [0.1, 0.15) is 30.0 Å². The summed E-state index contributed by atoms with van der Waals surface area (Å²) in [5.74, 6) is -0.589. The van der Waals surface area contributed by atoms with E-state index in [1.54, 1.807) is 6.07 Å². The number of rotatable bonds is 3. The molecule has 0 bridgehead atoms. The van der Waals surface area contributed by atoms with Gasteiger partial charge >= 0.3 is 5.91 Å². The second kappa shape index (κ2) is 4.48. The fourth-order valence-electron chi connectivity index (χ4n) is 1.15. The van der Waals surface area contributed by atoms with Gasteiger partial charge in [-0.2, -0.15) is 5.10 Å². The molecule has 0 unspecified atom stereocenters. The summed E-state index contributed by atoms with van der Waals surface area (Å²) in [5.41, 5.74) is 1.16. The van der Waals surface area contributed by atoms with E-state index >= 15 is 0 Å². The van der Waals surface area contributed by atoms with E-state index in [2.05, 4.69) is 10.1 Å². The van der Waals surface area contributed by atoms with E-state index in [4.69, 9.17) is 0 Å². The molecule has 0 spiro atoms. The zero-order chi connectivity index (χ0) is 10.6. The first-order valence-electron chi connectivity index (χ1n) is 4.41. The molecule has 1 heterocycles. The molecule has 1 rings (SSSR count). The van der Waals surface area contributed by atoms with Crippen molar-refractivity contribution in [1.82, 2.24) is 9.78 Å². The van der Waals surface area contributed by atoms with Crippen LogP contribution in [-0.2, 0) is 17.8 Å². The van der Waals surface area contributed by atoms with Gasteiger partial charge in [0, 0.05) is 6.54 Å². The third kappa shape index (κ3) is 1.95. The van der Waals surface area contributed by atoms with Crippen molar-refractivity contribution in [3.63, 3.8) is 0 Å². The highest BCUT2D eigenvalue weighted by atomic mass is 16.2. The van der Waals surface area contributed by atoms with Gasteiger partial charge in [0.15, 0.2) is 0 Å². The lowest BCUT2D eigenvalue weighted by molar-refractivity contribution is 0.0993. The van der Waals surface area contributed by atoms with Crippen molar-refractivity contribution in [2.24, 2.45) is 4.99 Å². The molecule has 5 nitrogen and oxygen atoms in total. The molecule has 0 aliphatic rings. The van der Waals surface area contributed by atoms with Crippen molar-refractivity contribution in [2.45, 2.75) is 26.8 Å². The van der Waals surface area contributed by atoms with E-state index in [9.17, 15) is 9.59 Å². The maximum atomic E-state index is 11.3. The van der Waals surface area contributed by atoms with Crippen molar-refractivity contribution in [1.29, 1.82) is 0 Å². The van der Waals surface area contributed by atoms with E-state index < -0.39 is 5.91 Å². The smallest absolute Gasteiger partial charge is 0.264 e. The molecule has 14 heavy (non-hydrogen) atoms. The summed E-state index contributed by atoms with van der Waals surface area (Å²) >= 11 is 0. The Hall–Kier alpha value is -1.74. The molecule has 0 saturated carbocycles. The van der Waals surface area contributed by atoms with Crippen LogP contribution in [0.15, 0.2) is 11.1 Å². The molecule has 1 aromatic heterocycles. The first kappa shape index (κ1) is 10.3. The van der Waals surface area contributed by atoms with Crippen LogP contribution >= 0.6 is 0 Å². The largest absolute Gasteiger partial charge is 0.305 e. The molecule has 0 aliphatic carbocycles. The van der Waals surface area contributed by atoms with Crippen LogP contribution < -0.4 is 0 Å². The van der Waals surface area contributed by atoms with Gasteiger partial charge in [-0.05, 0) is 19.4 Å². The SMILES string of the molecule is CCc1cc(C(=O)N=C=O)n(CC)n1. The van der Waals surface area contributed by atoms with Crippen molar-refractivity contribution in [3.8, 4) is 0 Å². The van der Waals surface area contributed by atoms with Crippen LogP contribution in [0.4, 0.5) is 0 Å². The summed E-state index contributed by atoms with van der Waals surface area (Å²) in [6.07, 6.45) is 1.98. The van der Waals surface area contributed by atoms with Crippen molar-refractivity contribution in [2.75, 3.05) is 0 Å². The van der Waals surface area contributed by atoms with Crippen LogP contribution in [0.25, 0.3) is 0 Å². The van der Waals surface area contributed by atoms with Gasteiger partial charge in [0.2, 0.25) is 6.08 Å². The molecule has 0 saturated heterocycles. The average molecular weight is 193 g/mol. The number of aliphatic imine (C=N–C) groups is 1. The van der Waals surface area contributed by atoms with Crippen molar-refractivity contribution < 1.29 is 9.59 Å². The minimum absolute atomic E-state index is 0.340. The predicted octanol–water partition coefficient (Wildman–Crippen LogP) is 0.941. The molecule has 5 heteroatoms. The molecule has 0 aromatic carbocycles. The topological polar surface area (TPSA) is 64.3 Å². The molecular formula is C9H11N3O2. The number of carbonyl (C=O) groups excluding carboxylic acids is 2. The summed E-state index contributed by atoms with van der Waals surface area (Å²) in [7, 11) is 0. The van der Waals surface area contributed by atoms with Crippen LogP contribution in [0.5, 0.6) is 0 Å². The fourth-order valence-corrected chi connectivity index (χ4v) is 1.15. The molecule has 0 fully saturated rings. The highest BCUT2D eigenvalue weighted by molar-refractivity contribution is 5.96. The Morgan fingerprint density at radius 1 is 1.64 bits per heavy atom. The van der Waals surface area contributed by atoms with E-state index in [0.29, 0.717) is 12.2 Å². The Morgan fingerprint density at radius 2 is 2.36 bits per heavy atom. The van der Waals surface area contributed by atoms with Crippen molar-refractivity contribution >= 4 is 12.0 Å². The highest BCUT2D eigenvalue weighted by Gasteiger charge is 2.12.